The highest BCUT2D eigenvalue weighted by atomic mass is 19.1. The van der Waals surface area contributed by atoms with Crippen molar-refractivity contribution in [2.24, 2.45) is 17.8 Å². The van der Waals surface area contributed by atoms with E-state index in [1.807, 2.05) is 13.8 Å². The van der Waals surface area contributed by atoms with Crippen LogP contribution in [0.15, 0.2) is 30.3 Å². The molecule has 2 N–H and O–H groups in total. The number of rotatable bonds is 7. The summed E-state index contributed by atoms with van der Waals surface area (Å²) >= 11 is 0. The number of nitrogens with one attached hydrogen (secondary N) is 2. The summed E-state index contributed by atoms with van der Waals surface area (Å²) in [5.74, 6) is 0.996. The molecule has 7 nitrogen and oxygen atoms in total. The summed E-state index contributed by atoms with van der Waals surface area (Å²) in [6.07, 6.45) is 4.72. The maximum atomic E-state index is 13.5. The molecule has 0 spiro atoms. The van der Waals surface area contributed by atoms with Crippen LogP contribution in [0.2, 0.25) is 0 Å². The molecule has 1 aromatic carbocycles. The zero-order valence-electron chi connectivity index (χ0n) is 21.8. The lowest BCUT2D eigenvalue weighted by Crippen LogP contribution is -2.40. The van der Waals surface area contributed by atoms with Gasteiger partial charge in [0.2, 0.25) is 0 Å². The molecule has 3 heterocycles. The number of likely N-dealkylation sites (tertiary alicyclic amines) is 1. The lowest BCUT2D eigenvalue weighted by molar-refractivity contribution is 0.0594. The molecule has 36 heavy (non-hydrogen) atoms. The van der Waals surface area contributed by atoms with Crippen molar-refractivity contribution in [2.45, 2.75) is 39.5 Å². The molecule has 0 amide bonds. The molecule has 2 fully saturated rings. The first-order chi connectivity index (χ1) is 17.3. The molecule has 2 saturated heterocycles. The molecule has 0 saturated carbocycles. The number of esters is 1. The molecule has 8 heteroatoms. The van der Waals surface area contributed by atoms with Crippen molar-refractivity contribution in [3.8, 4) is 0 Å². The molecule has 2 aliphatic rings. The zero-order valence-corrected chi connectivity index (χ0v) is 21.8. The summed E-state index contributed by atoms with van der Waals surface area (Å²) in [6.45, 7) is 8.05. The quantitative estimate of drug-likeness (QED) is 0.399. The monoisotopic (exact) mass is 495 g/mol. The van der Waals surface area contributed by atoms with Crippen LogP contribution >= 0.6 is 0 Å². The summed E-state index contributed by atoms with van der Waals surface area (Å²) in [7, 11) is 3.54. The van der Waals surface area contributed by atoms with E-state index >= 15 is 0 Å². The topological polar surface area (TPSA) is 81.5 Å². The molecule has 0 unspecified atom stereocenters. The van der Waals surface area contributed by atoms with E-state index < -0.39 is 5.97 Å². The highest BCUT2D eigenvalue weighted by molar-refractivity contribution is 6.09. The molecule has 4 rings (SSSR count). The Morgan fingerprint density at radius 3 is 2.22 bits per heavy atom. The SMILES string of the molecule is COC(=O)c1cc(N2CCC(C3CCN(C)CC3)CC2)c(C(=N)C(C)C)c(Nc2ccc(F)cc2)n1. The first kappa shape index (κ1) is 26.1. The zero-order chi connectivity index (χ0) is 25.8. The second-order valence-electron chi connectivity index (χ2n) is 10.4. The van der Waals surface area contributed by atoms with E-state index in [1.54, 1.807) is 18.2 Å². The minimum Gasteiger partial charge on any atom is -0.464 e. The van der Waals surface area contributed by atoms with E-state index in [0.717, 1.165) is 37.5 Å². The fraction of sp³-hybridized carbons (Fsp3) is 0.536. The third kappa shape index (κ3) is 5.86. The number of methoxy groups -OCH3 is 1. The number of benzene rings is 1. The maximum absolute atomic E-state index is 13.5. The van der Waals surface area contributed by atoms with Crippen LogP contribution in [0, 0.1) is 29.0 Å². The summed E-state index contributed by atoms with van der Waals surface area (Å²) < 4.78 is 18.5. The molecular weight excluding hydrogens is 457 g/mol. The van der Waals surface area contributed by atoms with Crippen LogP contribution in [0.5, 0.6) is 0 Å². The second kappa shape index (κ2) is 11.4. The highest BCUT2D eigenvalue weighted by Crippen LogP contribution is 2.37. The molecule has 0 radical (unpaired) electrons. The summed E-state index contributed by atoms with van der Waals surface area (Å²) in [4.78, 5) is 21.8. The average Bonchev–Trinajstić information content (AvgIpc) is 2.89. The second-order valence-corrected chi connectivity index (χ2v) is 10.4. The van der Waals surface area contributed by atoms with Gasteiger partial charge in [0.25, 0.3) is 0 Å². The Bertz CT molecular complexity index is 1070. The van der Waals surface area contributed by atoms with Gasteiger partial charge in [-0.05, 0) is 93.9 Å². The number of nitrogens with zero attached hydrogens (tertiary/aromatic N) is 3. The molecule has 2 aromatic rings. The number of pyridine rings is 1. The minimum absolute atomic E-state index is 0.0416. The molecule has 194 valence electrons. The Kier molecular flexibility index (Phi) is 8.24. The van der Waals surface area contributed by atoms with Crippen LogP contribution in [0.3, 0.4) is 0 Å². The van der Waals surface area contributed by atoms with Gasteiger partial charge in [-0.2, -0.15) is 0 Å². The molecule has 1 aromatic heterocycles. The van der Waals surface area contributed by atoms with Crippen LogP contribution < -0.4 is 10.2 Å². The van der Waals surface area contributed by atoms with Gasteiger partial charge in [-0.1, -0.05) is 13.8 Å². The van der Waals surface area contributed by atoms with E-state index in [4.69, 9.17) is 10.1 Å². The van der Waals surface area contributed by atoms with Crippen LogP contribution in [0.4, 0.5) is 21.6 Å². The Morgan fingerprint density at radius 1 is 1.08 bits per heavy atom. The standard InChI is InChI=1S/C28H38FN5O2/c1-18(2)26(30)25-24(34-15-11-20(12-16-34)19-9-13-33(3)14-10-19)17-23(28(35)36-4)32-27(25)31-22-7-5-21(29)6-8-22/h5-8,17-20,30H,9-16H2,1-4H3,(H,31,32). The number of hydrogen-bond acceptors (Lipinski definition) is 7. The number of carbonyl (C=O) groups excluding carboxylic acids is 1. The molecule has 0 bridgehead atoms. The van der Waals surface area contributed by atoms with Crippen molar-refractivity contribution in [2.75, 3.05) is 50.6 Å². The maximum Gasteiger partial charge on any atom is 0.356 e. The third-order valence-corrected chi connectivity index (χ3v) is 7.66. The van der Waals surface area contributed by atoms with E-state index in [0.29, 0.717) is 28.7 Å². The predicted octanol–water partition coefficient (Wildman–Crippen LogP) is 5.33. The normalized spacial score (nSPS) is 17.9. The van der Waals surface area contributed by atoms with Crippen LogP contribution in [-0.4, -0.2) is 61.9 Å². The molecule has 2 aliphatic heterocycles. The molecular formula is C28H38FN5O2. The van der Waals surface area contributed by atoms with Gasteiger partial charge in [0.05, 0.1) is 18.4 Å². The van der Waals surface area contributed by atoms with Crippen molar-refractivity contribution in [1.82, 2.24) is 9.88 Å². The predicted molar refractivity (Wildman–Crippen MR) is 142 cm³/mol. The number of anilines is 3. The number of carbonyl (C=O) groups is 1. The van der Waals surface area contributed by atoms with Gasteiger partial charge in [-0.25, -0.2) is 14.2 Å². The number of halogens is 1. The smallest absolute Gasteiger partial charge is 0.356 e. The fourth-order valence-electron chi connectivity index (χ4n) is 5.42. The van der Waals surface area contributed by atoms with Crippen molar-refractivity contribution in [1.29, 1.82) is 5.41 Å². The first-order valence-electron chi connectivity index (χ1n) is 12.9. The first-order valence-corrected chi connectivity index (χ1v) is 12.9. The lowest BCUT2D eigenvalue weighted by atomic mass is 9.78. The molecule has 0 atom stereocenters. The Hall–Kier alpha value is -3.00. The fourth-order valence-corrected chi connectivity index (χ4v) is 5.42. The third-order valence-electron chi connectivity index (χ3n) is 7.66. The van der Waals surface area contributed by atoms with Crippen molar-refractivity contribution < 1.29 is 13.9 Å². The van der Waals surface area contributed by atoms with Gasteiger partial charge < -0.3 is 25.3 Å². The average molecular weight is 496 g/mol. The van der Waals surface area contributed by atoms with Crippen molar-refractivity contribution in [3.05, 3.63) is 47.4 Å². The lowest BCUT2D eigenvalue weighted by Gasteiger charge is -2.41. The number of aromatic nitrogens is 1. The van der Waals surface area contributed by atoms with Gasteiger partial charge in [-0.15, -0.1) is 0 Å². The van der Waals surface area contributed by atoms with Gasteiger partial charge in [0, 0.05) is 24.5 Å². The van der Waals surface area contributed by atoms with Crippen LogP contribution in [0.25, 0.3) is 0 Å². The van der Waals surface area contributed by atoms with E-state index in [2.05, 4.69) is 27.1 Å². The van der Waals surface area contributed by atoms with Gasteiger partial charge in [0.15, 0.2) is 5.69 Å². The summed E-state index contributed by atoms with van der Waals surface area (Å²) in [5, 5.41) is 12.2. The van der Waals surface area contributed by atoms with Crippen molar-refractivity contribution >= 4 is 28.9 Å². The largest absolute Gasteiger partial charge is 0.464 e. The van der Waals surface area contributed by atoms with Crippen molar-refractivity contribution in [3.63, 3.8) is 0 Å². The van der Waals surface area contributed by atoms with E-state index in [9.17, 15) is 9.18 Å². The van der Waals surface area contributed by atoms with E-state index in [-0.39, 0.29) is 17.4 Å². The Labute approximate surface area is 213 Å². The number of ether oxygens (including phenoxy) is 1. The Morgan fingerprint density at radius 2 is 1.67 bits per heavy atom. The van der Waals surface area contributed by atoms with Gasteiger partial charge >= 0.3 is 5.97 Å². The van der Waals surface area contributed by atoms with Gasteiger partial charge in [0.1, 0.15) is 11.6 Å². The molecule has 0 aliphatic carbocycles. The Balaban J connectivity index is 1.67. The highest BCUT2D eigenvalue weighted by Gasteiger charge is 2.31. The number of hydrogen-bond donors (Lipinski definition) is 2. The minimum atomic E-state index is -0.526. The van der Waals surface area contributed by atoms with E-state index in [1.165, 1.54) is 45.2 Å². The number of piperidine rings is 2. The van der Waals surface area contributed by atoms with Crippen LogP contribution in [-0.2, 0) is 4.74 Å². The summed E-state index contributed by atoms with van der Waals surface area (Å²) in [6, 6.07) is 7.75. The summed E-state index contributed by atoms with van der Waals surface area (Å²) in [5.41, 5.74) is 2.77. The van der Waals surface area contributed by atoms with Crippen LogP contribution in [0.1, 0.15) is 55.6 Å². The van der Waals surface area contributed by atoms with Gasteiger partial charge in [-0.3, -0.25) is 0 Å².